The van der Waals surface area contributed by atoms with Crippen LogP contribution < -0.4 is 10.2 Å². The minimum absolute atomic E-state index is 0.0677. The fraction of sp³-hybridized carbons (Fsp3) is 0.182. The van der Waals surface area contributed by atoms with Gasteiger partial charge in [0.15, 0.2) is 12.2 Å². The lowest BCUT2D eigenvalue weighted by molar-refractivity contribution is -0.142. The average Bonchev–Trinajstić information content (AvgIpc) is 3.36. The molecule has 4 rings (SSSR count). The quantitative estimate of drug-likeness (QED) is 0.499. The number of fused-ring (bicyclic) bond motifs is 1. The number of nitrogens with zero attached hydrogens (tertiary/aromatic N) is 2. The summed E-state index contributed by atoms with van der Waals surface area (Å²) < 4.78 is 10.4. The summed E-state index contributed by atoms with van der Waals surface area (Å²) in [6.07, 6.45) is 3.89. The number of hydrogen-bond donors (Lipinski definition) is 1. The highest BCUT2D eigenvalue weighted by atomic mass is 16.5. The third kappa shape index (κ3) is 4.54. The lowest BCUT2D eigenvalue weighted by Gasteiger charge is -2.16. The Bertz CT molecular complexity index is 1100. The summed E-state index contributed by atoms with van der Waals surface area (Å²) in [6.45, 7) is 0.226. The fourth-order valence-corrected chi connectivity index (χ4v) is 3.16. The molecule has 1 fully saturated rings. The van der Waals surface area contributed by atoms with E-state index in [0.717, 1.165) is 18.2 Å². The van der Waals surface area contributed by atoms with E-state index in [0.29, 0.717) is 29.8 Å². The van der Waals surface area contributed by atoms with E-state index in [1.165, 1.54) is 6.08 Å². The number of anilines is 2. The zero-order chi connectivity index (χ0) is 20.9. The lowest BCUT2D eigenvalue weighted by atomic mass is 10.2. The van der Waals surface area contributed by atoms with Gasteiger partial charge in [-0.25, -0.2) is 9.78 Å². The molecule has 0 atom stereocenters. The largest absolute Gasteiger partial charge is 0.452 e. The SMILES string of the molecule is O=C(COC(=O)/C=C/c1nc2ccccc2o1)Nc1cccc(N2CCCC2=O)c1. The van der Waals surface area contributed by atoms with Crippen LogP contribution in [-0.2, 0) is 19.1 Å². The Labute approximate surface area is 172 Å². The summed E-state index contributed by atoms with van der Waals surface area (Å²) in [6, 6.07) is 14.2. The van der Waals surface area contributed by atoms with Crippen LogP contribution in [0, 0.1) is 0 Å². The van der Waals surface area contributed by atoms with Crippen LogP contribution in [0.25, 0.3) is 17.2 Å². The van der Waals surface area contributed by atoms with E-state index in [1.54, 1.807) is 35.2 Å². The van der Waals surface area contributed by atoms with Gasteiger partial charge in [0.05, 0.1) is 0 Å². The first-order chi connectivity index (χ1) is 14.6. The molecule has 8 nitrogen and oxygen atoms in total. The molecule has 2 heterocycles. The van der Waals surface area contributed by atoms with Crippen molar-refractivity contribution >= 4 is 46.3 Å². The number of aromatic nitrogens is 1. The summed E-state index contributed by atoms with van der Waals surface area (Å²) in [5.74, 6) is -0.837. The van der Waals surface area contributed by atoms with Gasteiger partial charge in [-0.1, -0.05) is 18.2 Å². The van der Waals surface area contributed by atoms with E-state index in [-0.39, 0.29) is 11.8 Å². The molecule has 3 aromatic rings. The van der Waals surface area contributed by atoms with Crippen molar-refractivity contribution in [2.45, 2.75) is 12.8 Å². The van der Waals surface area contributed by atoms with Gasteiger partial charge in [0.25, 0.3) is 5.91 Å². The predicted molar refractivity (Wildman–Crippen MR) is 111 cm³/mol. The Hall–Kier alpha value is -3.94. The third-order valence-electron chi connectivity index (χ3n) is 4.53. The molecule has 30 heavy (non-hydrogen) atoms. The number of carbonyl (C=O) groups excluding carboxylic acids is 3. The number of amides is 2. The van der Waals surface area contributed by atoms with Crippen LogP contribution in [0.5, 0.6) is 0 Å². The standard InChI is InChI=1S/C22H19N3O5/c26-19(23-15-5-3-6-16(13-15)25-12-4-9-21(25)27)14-29-22(28)11-10-20-24-17-7-1-2-8-18(17)30-20/h1-3,5-8,10-11,13H,4,9,12,14H2,(H,23,26)/b11-10+. The average molecular weight is 405 g/mol. The number of para-hydroxylation sites is 2. The molecule has 0 unspecified atom stereocenters. The highest BCUT2D eigenvalue weighted by molar-refractivity contribution is 5.98. The molecule has 8 heteroatoms. The Kier molecular flexibility index (Phi) is 5.56. The molecule has 1 aromatic heterocycles. The van der Waals surface area contributed by atoms with E-state index in [9.17, 15) is 14.4 Å². The third-order valence-corrected chi connectivity index (χ3v) is 4.53. The molecule has 0 radical (unpaired) electrons. The monoisotopic (exact) mass is 405 g/mol. The van der Waals surface area contributed by atoms with Gasteiger partial charge in [0.1, 0.15) is 5.52 Å². The first-order valence-corrected chi connectivity index (χ1v) is 9.49. The summed E-state index contributed by atoms with van der Waals surface area (Å²) >= 11 is 0. The van der Waals surface area contributed by atoms with Crippen LogP contribution in [0.3, 0.4) is 0 Å². The number of carbonyl (C=O) groups is 3. The van der Waals surface area contributed by atoms with E-state index in [1.807, 2.05) is 18.2 Å². The molecule has 2 amide bonds. The van der Waals surface area contributed by atoms with Crippen molar-refractivity contribution in [2.75, 3.05) is 23.4 Å². The van der Waals surface area contributed by atoms with Gasteiger partial charge < -0.3 is 19.4 Å². The van der Waals surface area contributed by atoms with E-state index < -0.39 is 18.5 Å². The van der Waals surface area contributed by atoms with Gasteiger partial charge in [-0.05, 0) is 36.8 Å². The maximum atomic E-state index is 12.1. The smallest absolute Gasteiger partial charge is 0.331 e. The molecule has 1 aliphatic heterocycles. The van der Waals surface area contributed by atoms with Gasteiger partial charge in [-0.3, -0.25) is 9.59 Å². The Morgan fingerprint density at radius 3 is 2.87 bits per heavy atom. The molecule has 1 aliphatic rings. The minimum Gasteiger partial charge on any atom is -0.452 e. The molecule has 0 spiro atoms. The van der Waals surface area contributed by atoms with Gasteiger partial charge in [0, 0.05) is 36.5 Å². The highest BCUT2D eigenvalue weighted by Crippen LogP contribution is 2.24. The maximum absolute atomic E-state index is 12.1. The van der Waals surface area contributed by atoms with Crippen molar-refractivity contribution in [1.29, 1.82) is 0 Å². The molecule has 2 aromatic carbocycles. The molecular weight excluding hydrogens is 386 g/mol. The van der Waals surface area contributed by atoms with Crippen LogP contribution in [0.2, 0.25) is 0 Å². The summed E-state index contributed by atoms with van der Waals surface area (Å²) in [5.41, 5.74) is 2.55. The van der Waals surface area contributed by atoms with Crippen LogP contribution >= 0.6 is 0 Å². The topological polar surface area (TPSA) is 102 Å². The normalized spacial score (nSPS) is 13.9. The number of ether oxygens (including phenoxy) is 1. The Morgan fingerprint density at radius 2 is 2.07 bits per heavy atom. The molecule has 152 valence electrons. The van der Waals surface area contributed by atoms with Crippen LogP contribution in [0.1, 0.15) is 18.7 Å². The second-order valence-corrected chi connectivity index (χ2v) is 6.71. The van der Waals surface area contributed by atoms with Gasteiger partial charge in [-0.2, -0.15) is 0 Å². The van der Waals surface area contributed by atoms with Crippen molar-refractivity contribution in [2.24, 2.45) is 0 Å². The van der Waals surface area contributed by atoms with Gasteiger partial charge in [-0.15, -0.1) is 0 Å². The molecule has 0 saturated carbocycles. The van der Waals surface area contributed by atoms with Crippen molar-refractivity contribution in [3.63, 3.8) is 0 Å². The van der Waals surface area contributed by atoms with Crippen LogP contribution in [0.4, 0.5) is 11.4 Å². The van der Waals surface area contributed by atoms with Crippen LogP contribution in [-0.4, -0.2) is 35.9 Å². The summed E-state index contributed by atoms with van der Waals surface area (Å²) in [4.78, 5) is 41.7. The number of hydrogen-bond acceptors (Lipinski definition) is 6. The molecule has 1 saturated heterocycles. The van der Waals surface area contributed by atoms with E-state index in [2.05, 4.69) is 10.3 Å². The van der Waals surface area contributed by atoms with E-state index >= 15 is 0 Å². The zero-order valence-corrected chi connectivity index (χ0v) is 16.0. The maximum Gasteiger partial charge on any atom is 0.331 e. The number of nitrogens with one attached hydrogen (secondary N) is 1. The Morgan fingerprint density at radius 1 is 1.20 bits per heavy atom. The Balaban J connectivity index is 1.29. The van der Waals surface area contributed by atoms with Gasteiger partial charge >= 0.3 is 5.97 Å². The summed E-state index contributed by atoms with van der Waals surface area (Å²) in [5, 5.41) is 2.66. The lowest BCUT2D eigenvalue weighted by Crippen LogP contribution is -2.24. The zero-order valence-electron chi connectivity index (χ0n) is 16.0. The number of rotatable bonds is 6. The second kappa shape index (κ2) is 8.60. The van der Waals surface area contributed by atoms with E-state index in [4.69, 9.17) is 9.15 Å². The fourth-order valence-electron chi connectivity index (χ4n) is 3.16. The summed E-state index contributed by atoms with van der Waals surface area (Å²) in [7, 11) is 0. The number of esters is 1. The number of benzene rings is 2. The first kappa shape index (κ1) is 19.4. The molecular formula is C22H19N3O5. The number of oxazole rings is 1. The van der Waals surface area contributed by atoms with Gasteiger partial charge in [0.2, 0.25) is 11.8 Å². The van der Waals surface area contributed by atoms with Crippen molar-refractivity contribution in [3.8, 4) is 0 Å². The van der Waals surface area contributed by atoms with Crippen molar-refractivity contribution < 1.29 is 23.5 Å². The van der Waals surface area contributed by atoms with Crippen molar-refractivity contribution in [3.05, 3.63) is 60.5 Å². The molecule has 1 N–H and O–H groups in total. The second-order valence-electron chi connectivity index (χ2n) is 6.71. The first-order valence-electron chi connectivity index (χ1n) is 9.49. The highest BCUT2D eigenvalue weighted by Gasteiger charge is 2.21. The van der Waals surface area contributed by atoms with Crippen molar-refractivity contribution in [1.82, 2.24) is 4.98 Å². The minimum atomic E-state index is -0.691. The predicted octanol–water partition coefficient (Wildman–Crippen LogP) is 3.15. The molecule has 0 bridgehead atoms. The molecule has 0 aliphatic carbocycles. The van der Waals surface area contributed by atoms with Crippen LogP contribution in [0.15, 0.2) is 59.0 Å².